The SMILES string of the molecule is O=C(Nc1c(F)c(F)nc(F)c1F)c1c(O)c2ccc(C(F)(F)F)cc2oc1=O. The number of pyridine rings is 1. The van der Waals surface area contributed by atoms with Gasteiger partial charge < -0.3 is 14.8 Å². The normalized spacial score (nSPS) is 11.7. The molecule has 152 valence electrons. The summed E-state index contributed by atoms with van der Waals surface area (Å²) < 4.78 is 96.1. The van der Waals surface area contributed by atoms with E-state index in [0.717, 1.165) is 0 Å². The molecule has 0 bridgehead atoms. The molecule has 0 saturated carbocycles. The first-order valence-corrected chi connectivity index (χ1v) is 7.30. The number of nitrogens with zero attached hydrogens (tertiary/aromatic N) is 1. The largest absolute Gasteiger partial charge is 0.506 e. The average Bonchev–Trinajstić information content (AvgIpc) is 2.62. The van der Waals surface area contributed by atoms with Crippen LogP contribution in [0.3, 0.4) is 0 Å². The molecule has 3 aromatic rings. The van der Waals surface area contributed by atoms with Crippen LogP contribution in [0, 0.1) is 23.5 Å². The number of alkyl halides is 3. The molecule has 2 N–H and O–H groups in total. The Hall–Kier alpha value is -3.64. The molecule has 1 amide bonds. The van der Waals surface area contributed by atoms with Gasteiger partial charge in [-0.3, -0.25) is 4.79 Å². The number of benzene rings is 1. The highest BCUT2D eigenvalue weighted by atomic mass is 19.4. The van der Waals surface area contributed by atoms with Crippen LogP contribution in [0.4, 0.5) is 36.4 Å². The van der Waals surface area contributed by atoms with Gasteiger partial charge in [0.05, 0.1) is 10.9 Å². The van der Waals surface area contributed by atoms with Crippen LogP contribution in [-0.4, -0.2) is 16.0 Å². The van der Waals surface area contributed by atoms with Crippen LogP contribution >= 0.6 is 0 Å². The third kappa shape index (κ3) is 3.46. The van der Waals surface area contributed by atoms with Gasteiger partial charge in [-0.05, 0) is 18.2 Å². The Labute approximate surface area is 154 Å². The van der Waals surface area contributed by atoms with Crippen molar-refractivity contribution in [2.45, 2.75) is 6.18 Å². The summed E-state index contributed by atoms with van der Waals surface area (Å²) in [5.41, 5.74) is -6.56. The highest BCUT2D eigenvalue weighted by Gasteiger charge is 2.32. The Bertz CT molecular complexity index is 1190. The lowest BCUT2D eigenvalue weighted by Crippen LogP contribution is -2.23. The number of amides is 1. The molecule has 0 saturated heterocycles. The monoisotopic (exact) mass is 422 g/mol. The van der Waals surface area contributed by atoms with E-state index in [0.29, 0.717) is 18.2 Å². The summed E-state index contributed by atoms with van der Waals surface area (Å²) in [6.45, 7) is 0. The van der Waals surface area contributed by atoms with Crippen molar-refractivity contribution in [1.29, 1.82) is 0 Å². The molecule has 0 fully saturated rings. The summed E-state index contributed by atoms with van der Waals surface area (Å²) in [7, 11) is 0. The zero-order valence-electron chi connectivity index (χ0n) is 13.5. The molecular formula is C16H5F7N2O4. The molecule has 0 spiro atoms. The van der Waals surface area contributed by atoms with Gasteiger partial charge in [0.15, 0.2) is 5.56 Å². The van der Waals surface area contributed by atoms with Gasteiger partial charge in [-0.25, -0.2) is 4.79 Å². The Morgan fingerprint density at radius 1 is 1.07 bits per heavy atom. The van der Waals surface area contributed by atoms with Gasteiger partial charge in [0.1, 0.15) is 17.0 Å². The maximum absolute atomic E-state index is 13.6. The molecule has 13 heteroatoms. The van der Waals surface area contributed by atoms with Crippen LogP contribution in [-0.2, 0) is 6.18 Å². The van der Waals surface area contributed by atoms with E-state index in [4.69, 9.17) is 0 Å². The van der Waals surface area contributed by atoms with Crippen molar-refractivity contribution in [3.8, 4) is 5.75 Å². The fraction of sp³-hybridized carbons (Fsp3) is 0.0625. The molecule has 1 aromatic carbocycles. The molecule has 6 nitrogen and oxygen atoms in total. The number of aromatic nitrogens is 1. The maximum Gasteiger partial charge on any atom is 0.416 e. The van der Waals surface area contributed by atoms with Crippen molar-refractivity contribution in [3.63, 3.8) is 0 Å². The quantitative estimate of drug-likeness (QED) is 0.373. The minimum absolute atomic E-state index is 0.380. The number of nitrogens with one attached hydrogen (secondary N) is 1. The number of anilines is 1. The first-order chi connectivity index (χ1) is 13.4. The smallest absolute Gasteiger partial charge is 0.416 e. The van der Waals surface area contributed by atoms with Gasteiger partial charge in [-0.2, -0.15) is 35.7 Å². The first-order valence-electron chi connectivity index (χ1n) is 7.30. The van der Waals surface area contributed by atoms with Gasteiger partial charge in [-0.15, -0.1) is 0 Å². The van der Waals surface area contributed by atoms with Crippen LogP contribution in [0.2, 0.25) is 0 Å². The number of aromatic hydroxyl groups is 1. The van der Waals surface area contributed by atoms with E-state index in [2.05, 4.69) is 9.40 Å². The van der Waals surface area contributed by atoms with Crippen LogP contribution in [0.5, 0.6) is 5.75 Å². The third-order valence-corrected chi connectivity index (χ3v) is 3.67. The van der Waals surface area contributed by atoms with Crippen molar-refractivity contribution in [1.82, 2.24) is 4.98 Å². The Morgan fingerprint density at radius 2 is 1.66 bits per heavy atom. The van der Waals surface area contributed by atoms with Gasteiger partial charge >= 0.3 is 11.8 Å². The number of carbonyl (C=O) groups is 1. The van der Waals surface area contributed by atoms with E-state index >= 15 is 0 Å². The summed E-state index contributed by atoms with van der Waals surface area (Å²) in [4.78, 5) is 26.3. The van der Waals surface area contributed by atoms with E-state index in [1.807, 2.05) is 0 Å². The predicted molar refractivity (Wildman–Crippen MR) is 81.2 cm³/mol. The number of carbonyl (C=O) groups excluding carboxylic acids is 1. The lowest BCUT2D eigenvalue weighted by atomic mass is 10.1. The van der Waals surface area contributed by atoms with E-state index in [1.54, 1.807) is 0 Å². The molecule has 2 aromatic heterocycles. The average molecular weight is 422 g/mol. The first kappa shape index (κ1) is 20.1. The molecule has 3 rings (SSSR count). The second kappa shape index (κ2) is 6.76. The van der Waals surface area contributed by atoms with E-state index in [9.17, 15) is 45.4 Å². The molecule has 29 heavy (non-hydrogen) atoms. The molecule has 0 radical (unpaired) electrons. The van der Waals surface area contributed by atoms with Gasteiger partial charge in [0.2, 0.25) is 11.6 Å². The number of halogens is 7. The second-order valence-corrected chi connectivity index (χ2v) is 5.47. The van der Waals surface area contributed by atoms with Crippen molar-refractivity contribution >= 4 is 22.6 Å². The van der Waals surface area contributed by atoms with Crippen molar-refractivity contribution < 1.29 is 45.1 Å². The number of hydrogen-bond donors (Lipinski definition) is 2. The standard InChI is InChI=1S/C16H5F7N2O4/c17-8-10(9(18)13(20)25-12(8)19)24-14(27)7-11(26)5-2-1-4(16(21,22)23)3-6(5)29-15(7)28/h1-3,26H,(H,24,25,27). The molecule has 0 aliphatic heterocycles. The number of fused-ring (bicyclic) bond motifs is 1. The summed E-state index contributed by atoms with van der Waals surface area (Å²) in [6.07, 6.45) is -4.80. The summed E-state index contributed by atoms with van der Waals surface area (Å²) in [6, 6.07) is 1.57. The fourth-order valence-corrected chi connectivity index (χ4v) is 2.33. The van der Waals surface area contributed by atoms with Crippen LogP contribution in [0.15, 0.2) is 27.4 Å². The van der Waals surface area contributed by atoms with E-state index < -0.39 is 74.8 Å². The molecule has 0 aliphatic rings. The second-order valence-electron chi connectivity index (χ2n) is 5.47. The molecule has 0 unspecified atom stereocenters. The molecule has 2 heterocycles. The number of rotatable bonds is 2. The van der Waals surface area contributed by atoms with E-state index in [1.165, 1.54) is 5.32 Å². The highest BCUT2D eigenvalue weighted by Crippen LogP contribution is 2.34. The summed E-state index contributed by atoms with van der Waals surface area (Å²) in [5, 5.41) is 10.9. The van der Waals surface area contributed by atoms with Crippen molar-refractivity contribution in [2.75, 3.05) is 5.32 Å². The van der Waals surface area contributed by atoms with E-state index in [-0.39, 0.29) is 0 Å². The van der Waals surface area contributed by atoms with Crippen molar-refractivity contribution in [3.05, 3.63) is 63.3 Å². The van der Waals surface area contributed by atoms with Crippen LogP contribution in [0.25, 0.3) is 11.0 Å². The Morgan fingerprint density at radius 3 is 2.21 bits per heavy atom. The minimum atomic E-state index is -4.80. The van der Waals surface area contributed by atoms with Gasteiger partial charge in [-0.1, -0.05) is 0 Å². The predicted octanol–water partition coefficient (Wildman–Crippen LogP) is 3.72. The Kier molecular flexibility index (Phi) is 4.68. The molecule has 0 atom stereocenters. The lowest BCUT2D eigenvalue weighted by Gasteiger charge is -2.11. The summed E-state index contributed by atoms with van der Waals surface area (Å²) in [5.74, 6) is -11.3. The molecule has 0 aliphatic carbocycles. The highest BCUT2D eigenvalue weighted by molar-refractivity contribution is 6.08. The van der Waals surface area contributed by atoms with Crippen LogP contribution in [0.1, 0.15) is 15.9 Å². The van der Waals surface area contributed by atoms with Gasteiger partial charge in [0, 0.05) is 0 Å². The fourth-order valence-electron chi connectivity index (χ4n) is 2.33. The zero-order valence-corrected chi connectivity index (χ0v) is 13.5. The van der Waals surface area contributed by atoms with Crippen molar-refractivity contribution in [2.24, 2.45) is 0 Å². The van der Waals surface area contributed by atoms with Crippen LogP contribution < -0.4 is 10.9 Å². The third-order valence-electron chi connectivity index (χ3n) is 3.67. The molecular weight excluding hydrogens is 417 g/mol. The summed E-state index contributed by atoms with van der Waals surface area (Å²) >= 11 is 0. The lowest BCUT2D eigenvalue weighted by molar-refractivity contribution is -0.137. The maximum atomic E-state index is 13.6. The topological polar surface area (TPSA) is 92.4 Å². The van der Waals surface area contributed by atoms with Gasteiger partial charge in [0.25, 0.3) is 17.8 Å². The minimum Gasteiger partial charge on any atom is -0.506 e. The Balaban J connectivity index is 2.11. The zero-order chi connectivity index (χ0) is 21.7. The number of hydrogen-bond acceptors (Lipinski definition) is 5.